The highest BCUT2D eigenvalue weighted by molar-refractivity contribution is 6.34. The van der Waals surface area contributed by atoms with Gasteiger partial charge in [0.15, 0.2) is 0 Å². The van der Waals surface area contributed by atoms with E-state index in [1.165, 1.54) is 0 Å². The summed E-state index contributed by atoms with van der Waals surface area (Å²) in [6, 6.07) is 11.1. The Morgan fingerprint density at radius 3 is 2.07 bits per heavy atom. The van der Waals surface area contributed by atoms with Crippen molar-refractivity contribution in [3.8, 4) is 11.4 Å². The summed E-state index contributed by atoms with van der Waals surface area (Å²) < 4.78 is 80.0. The van der Waals surface area contributed by atoms with Crippen LogP contribution in [-0.4, -0.2) is 9.55 Å². The van der Waals surface area contributed by atoms with Crippen LogP contribution in [0.1, 0.15) is 16.7 Å². The Bertz CT molecular complexity index is 1090. The first kappa shape index (κ1) is 20.9. The fraction of sp³-hybridized carbons (Fsp3) is 0.158. The monoisotopic (exact) mass is 432 g/mol. The van der Waals surface area contributed by atoms with E-state index in [2.05, 4.69) is 4.98 Å². The Balaban J connectivity index is 2.26. The average molecular weight is 433 g/mol. The molecule has 1 aromatic heterocycles. The van der Waals surface area contributed by atoms with Crippen molar-refractivity contribution in [2.45, 2.75) is 18.9 Å². The molecular formula is C19H11ClF6N2O. The lowest BCUT2D eigenvalue weighted by Gasteiger charge is -2.18. The van der Waals surface area contributed by atoms with Gasteiger partial charge in [-0.05, 0) is 17.7 Å². The zero-order chi connectivity index (χ0) is 21.4. The van der Waals surface area contributed by atoms with Gasteiger partial charge >= 0.3 is 12.4 Å². The molecule has 3 nitrogen and oxygen atoms in total. The number of benzene rings is 2. The maximum atomic E-state index is 13.2. The second-order valence-electron chi connectivity index (χ2n) is 6.06. The number of alkyl halides is 6. The number of hydrogen-bond donors (Lipinski definition) is 0. The van der Waals surface area contributed by atoms with Gasteiger partial charge in [-0.3, -0.25) is 4.79 Å². The summed E-state index contributed by atoms with van der Waals surface area (Å²) in [6.45, 7) is -0.168. The fourth-order valence-electron chi connectivity index (χ4n) is 2.73. The molecule has 0 atom stereocenters. The van der Waals surface area contributed by atoms with Crippen molar-refractivity contribution in [1.29, 1.82) is 0 Å². The minimum absolute atomic E-state index is 0.168. The molecule has 0 saturated carbocycles. The van der Waals surface area contributed by atoms with Gasteiger partial charge in [0.2, 0.25) is 0 Å². The molecule has 0 aliphatic carbocycles. The molecule has 3 aromatic rings. The van der Waals surface area contributed by atoms with E-state index in [0.717, 1.165) is 22.8 Å². The third-order valence-corrected chi connectivity index (χ3v) is 4.45. The van der Waals surface area contributed by atoms with Crippen molar-refractivity contribution in [2.24, 2.45) is 0 Å². The lowest BCUT2D eigenvalue weighted by Crippen LogP contribution is -2.26. The molecule has 0 fully saturated rings. The van der Waals surface area contributed by atoms with E-state index in [4.69, 9.17) is 11.6 Å². The van der Waals surface area contributed by atoms with Crippen LogP contribution >= 0.6 is 11.6 Å². The molecule has 0 saturated heterocycles. The fourth-order valence-corrected chi connectivity index (χ4v) is 3.04. The summed E-state index contributed by atoms with van der Waals surface area (Å²) >= 11 is 5.89. The van der Waals surface area contributed by atoms with Crippen molar-refractivity contribution < 1.29 is 26.3 Å². The Morgan fingerprint density at radius 1 is 0.862 bits per heavy atom. The Labute approximate surface area is 165 Å². The van der Waals surface area contributed by atoms with E-state index in [1.54, 1.807) is 30.3 Å². The Morgan fingerprint density at radius 2 is 1.48 bits per heavy atom. The largest absolute Gasteiger partial charge is 0.423 e. The number of halogens is 7. The summed E-state index contributed by atoms with van der Waals surface area (Å²) in [5, 5.41) is -0.756. The van der Waals surface area contributed by atoms with Gasteiger partial charge in [0.1, 0.15) is 11.4 Å². The van der Waals surface area contributed by atoms with Crippen LogP contribution in [0.4, 0.5) is 26.3 Å². The highest BCUT2D eigenvalue weighted by atomic mass is 35.5. The predicted molar refractivity (Wildman–Crippen MR) is 94.5 cm³/mol. The minimum Gasteiger partial charge on any atom is -0.327 e. The maximum absolute atomic E-state index is 13.2. The summed E-state index contributed by atoms with van der Waals surface area (Å²) in [7, 11) is 0. The molecule has 2 aromatic carbocycles. The molecule has 0 N–H and O–H groups in total. The zero-order valence-corrected chi connectivity index (χ0v) is 15.1. The van der Waals surface area contributed by atoms with Gasteiger partial charge in [0.25, 0.3) is 5.56 Å². The van der Waals surface area contributed by atoms with E-state index in [9.17, 15) is 31.1 Å². The standard InChI is InChI=1S/C19H11ClF6N2O/c20-15-12(7-4-8-13(15)18(21,22)23)16-27-17(29)14(19(24,25)26)10-28(16)9-11-5-2-1-3-6-11/h1-8,10H,9H2. The van der Waals surface area contributed by atoms with Gasteiger partial charge in [-0.15, -0.1) is 0 Å². The normalized spacial score (nSPS) is 12.2. The molecular weight excluding hydrogens is 422 g/mol. The lowest BCUT2D eigenvalue weighted by molar-refractivity contribution is -0.139. The number of aromatic nitrogens is 2. The van der Waals surface area contributed by atoms with Crippen LogP contribution in [0.2, 0.25) is 5.02 Å². The second-order valence-corrected chi connectivity index (χ2v) is 6.44. The molecule has 0 radical (unpaired) electrons. The topological polar surface area (TPSA) is 34.9 Å². The molecule has 29 heavy (non-hydrogen) atoms. The maximum Gasteiger partial charge on any atom is 0.423 e. The average Bonchev–Trinajstić information content (AvgIpc) is 2.62. The van der Waals surface area contributed by atoms with Gasteiger partial charge in [-0.1, -0.05) is 48.0 Å². The molecule has 0 aliphatic rings. The van der Waals surface area contributed by atoms with E-state index >= 15 is 0 Å². The quantitative estimate of drug-likeness (QED) is 0.501. The number of rotatable bonds is 3. The van der Waals surface area contributed by atoms with E-state index < -0.39 is 39.9 Å². The third kappa shape index (κ3) is 4.45. The third-order valence-electron chi connectivity index (χ3n) is 4.04. The smallest absolute Gasteiger partial charge is 0.327 e. The van der Waals surface area contributed by atoms with Gasteiger partial charge in [0, 0.05) is 18.3 Å². The van der Waals surface area contributed by atoms with Gasteiger partial charge in [0.05, 0.1) is 10.6 Å². The van der Waals surface area contributed by atoms with Crippen LogP contribution in [0.15, 0.2) is 59.5 Å². The van der Waals surface area contributed by atoms with Crippen LogP contribution in [0.3, 0.4) is 0 Å². The second kappa shape index (κ2) is 7.55. The van der Waals surface area contributed by atoms with Crippen molar-refractivity contribution in [3.05, 3.63) is 86.8 Å². The Kier molecular flexibility index (Phi) is 5.44. The van der Waals surface area contributed by atoms with E-state index in [1.807, 2.05) is 0 Å². The first-order valence-corrected chi connectivity index (χ1v) is 8.45. The molecule has 1 heterocycles. The molecule has 0 bridgehead atoms. The van der Waals surface area contributed by atoms with Gasteiger partial charge in [-0.25, -0.2) is 0 Å². The van der Waals surface area contributed by atoms with Crippen molar-refractivity contribution in [1.82, 2.24) is 9.55 Å². The predicted octanol–water partition coefficient (Wildman–Crippen LogP) is 5.65. The first-order chi connectivity index (χ1) is 13.5. The minimum atomic E-state index is -4.97. The summed E-state index contributed by atoms with van der Waals surface area (Å²) in [4.78, 5) is 15.4. The Hall–Kier alpha value is -2.81. The van der Waals surface area contributed by atoms with Crippen LogP contribution in [-0.2, 0) is 18.9 Å². The zero-order valence-electron chi connectivity index (χ0n) is 14.4. The van der Waals surface area contributed by atoms with Crippen LogP contribution in [0.5, 0.6) is 0 Å². The van der Waals surface area contributed by atoms with Gasteiger partial charge in [-0.2, -0.15) is 31.3 Å². The molecule has 0 spiro atoms. The van der Waals surface area contributed by atoms with E-state index in [-0.39, 0.29) is 12.1 Å². The highest BCUT2D eigenvalue weighted by Crippen LogP contribution is 2.39. The number of hydrogen-bond acceptors (Lipinski definition) is 2. The van der Waals surface area contributed by atoms with Crippen molar-refractivity contribution in [2.75, 3.05) is 0 Å². The summed E-state index contributed by atoms with van der Waals surface area (Å²) in [5.74, 6) is -0.400. The van der Waals surface area contributed by atoms with Crippen LogP contribution < -0.4 is 5.56 Å². The van der Waals surface area contributed by atoms with E-state index in [0.29, 0.717) is 11.8 Å². The molecule has 3 rings (SSSR count). The number of nitrogens with zero attached hydrogens (tertiary/aromatic N) is 2. The van der Waals surface area contributed by atoms with Crippen LogP contribution in [0.25, 0.3) is 11.4 Å². The molecule has 152 valence electrons. The first-order valence-electron chi connectivity index (χ1n) is 8.07. The molecule has 0 aliphatic heterocycles. The van der Waals surface area contributed by atoms with Gasteiger partial charge < -0.3 is 4.57 Å². The summed E-state index contributed by atoms with van der Waals surface area (Å²) in [6.07, 6.45) is -9.23. The SMILES string of the molecule is O=c1nc(-c2cccc(C(F)(F)F)c2Cl)n(Cc2ccccc2)cc1C(F)(F)F. The molecule has 10 heteroatoms. The highest BCUT2D eigenvalue weighted by Gasteiger charge is 2.37. The van der Waals surface area contributed by atoms with Crippen LogP contribution in [0, 0.1) is 0 Å². The molecule has 0 amide bonds. The summed E-state index contributed by atoms with van der Waals surface area (Å²) in [5.41, 5.74) is -4.07. The van der Waals surface area contributed by atoms with Crippen molar-refractivity contribution >= 4 is 11.6 Å². The lowest BCUT2D eigenvalue weighted by atomic mass is 10.1. The van der Waals surface area contributed by atoms with Crippen molar-refractivity contribution in [3.63, 3.8) is 0 Å². The molecule has 0 unspecified atom stereocenters.